The average Bonchev–Trinajstić information content (AvgIpc) is 2.81. The number of aliphatic carboxylic acids is 1. The summed E-state index contributed by atoms with van der Waals surface area (Å²) in [5, 5.41) is 12.5. The van der Waals surface area contributed by atoms with Gasteiger partial charge in [-0.3, -0.25) is 14.5 Å². The Morgan fingerprint density at radius 1 is 1.50 bits per heavy atom. The number of carbonyl (C=O) groups excluding carboxylic acids is 1. The van der Waals surface area contributed by atoms with E-state index in [1.54, 1.807) is 23.1 Å². The summed E-state index contributed by atoms with van der Waals surface area (Å²) in [6.07, 6.45) is 1.41. The molecule has 6 heteroatoms. The first-order valence-corrected chi connectivity index (χ1v) is 6.88. The zero-order valence-electron chi connectivity index (χ0n) is 11.2. The SMILES string of the molecule is Cc1cc(Cl)ccc1NC(=O)CN1CCC[C@@H]1C(=O)O. The first-order chi connectivity index (χ1) is 9.47. The van der Waals surface area contributed by atoms with E-state index in [-0.39, 0.29) is 12.5 Å². The van der Waals surface area contributed by atoms with Crippen LogP contribution in [0, 0.1) is 6.92 Å². The zero-order chi connectivity index (χ0) is 14.7. The molecule has 1 amide bonds. The van der Waals surface area contributed by atoms with Crippen molar-refractivity contribution >= 4 is 29.2 Å². The molecule has 1 atom stereocenters. The van der Waals surface area contributed by atoms with E-state index in [1.165, 1.54) is 0 Å². The van der Waals surface area contributed by atoms with E-state index < -0.39 is 12.0 Å². The molecule has 1 aromatic carbocycles. The number of carboxylic acid groups (broad SMARTS) is 1. The number of benzene rings is 1. The number of carbonyl (C=O) groups is 2. The Hall–Kier alpha value is -1.59. The number of hydrogen-bond acceptors (Lipinski definition) is 3. The maximum atomic E-state index is 12.0. The minimum absolute atomic E-state index is 0.0963. The normalized spacial score (nSPS) is 19.0. The number of anilines is 1. The summed E-state index contributed by atoms with van der Waals surface area (Å²) in [7, 11) is 0. The Morgan fingerprint density at radius 3 is 2.90 bits per heavy atom. The Labute approximate surface area is 122 Å². The largest absolute Gasteiger partial charge is 0.480 e. The minimum Gasteiger partial charge on any atom is -0.480 e. The van der Waals surface area contributed by atoms with Crippen molar-refractivity contribution in [2.45, 2.75) is 25.8 Å². The van der Waals surface area contributed by atoms with Crippen LogP contribution in [0.5, 0.6) is 0 Å². The maximum Gasteiger partial charge on any atom is 0.320 e. The van der Waals surface area contributed by atoms with Crippen LogP contribution in [0.25, 0.3) is 0 Å². The van der Waals surface area contributed by atoms with Gasteiger partial charge in [-0.15, -0.1) is 0 Å². The number of hydrogen-bond donors (Lipinski definition) is 2. The summed E-state index contributed by atoms with van der Waals surface area (Å²) >= 11 is 5.86. The molecule has 1 fully saturated rings. The number of halogens is 1. The molecular weight excluding hydrogens is 280 g/mol. The molecule has 2 rings (SSSR count). The number of carboxylic acids is 1. The second kappa shape index (κ2) is 6.24. The predicted octanol–water partition coefficient (Wildman–Crippen LogP) is 2.14. The second-order valence-electron chi connectivity index (χ2n) is 4.97. The molecule has 0 bridgehead atoms. The molecule has 5 nitrogen and oxygen atoms in total. The highest BCUT2D eigenvalue weighted by atomic mass is 35.5. The fraction of sp³-hybridized carbons (Fsp3) is 0.429. The van der Waals surface area contributed by atoms with Crippen LogP contribution >= 0.6 is 11.6 Å². The predicted molar refractivity (Wildman–Crippen MR) is 77.0 cm³/mol. The topological polar surface area (TPSA) is 69.6 Å². The van der Waals surface area contributed by atoms with E-state index in [1.807, 2.05) is 6.92 Å². The summed E-state index contributed by atoms with van der Waals surface area (Å²) in [6.45, 7) is 2.60. The molecule has 1 saturated heterocycles. The van der Waals surface area contributed by atoms with Crippen LogP contribution in [0.1, 0.15) is 18.4 Å². The lowest BCUT2D eigenvalue weighted by Gasteiger charge is -2.20. The molecule has 1 aliphatic rings. The first kappa shape index (κ1) is 14.8. The Kier molecular flexibility index (Phi) is 4.62. The molecule has 0 unspecified atom stereocenters. The fourth-order valence-electron chi connectivity index (χ4n) is 2.44. The quantitative estimate of drug-likeness (QED) is 0.893. The molecule has 0 aliphatic carbocycles. The van der Waals surface area contributed by atoms with E-state index in [2.05, 4.69) is 5.32 Å². The van der Waals surface area contributed by atoms with E-state index >= 15 is 0 Å². The monoisotopic (exact) mass is 296 g/mol. The van der Waals surface area contributed by atoms with Crippen LogP contribution in [0.4, 0.5) is 5.69 Å². The van der Waals surface area contributed by atoms with Crippen LogP contribution < -0.4 is 5.32 Å². The van der Waals surface area contributed by atoms with Gasteiger partial charge in [-0.2, -0.15) is 0 Å². The van der Waals surface area contributed by atoms with Crippen LogP contribution in [0.2, 0.25) is 5.02 Å². The lowest BCUT2D eigenvalue weighted by Crippen LogP contribution is -2.40. The van der Waals surface area contributed by atoms with E-state index in [0.717, 1.165) is 12.0 Å². The number of aryl methyl sites for hydroxylation is 1. The number of rotatable bonds is 4. The average molecular weight is 297 g/mol. The molecule has 1 heterocycles. The van der Waals surface area contributed by atoms with Gasteiger partial charge in [0.05, 0.1) is 6.54 Å². The molecule has 1 aromatic rings. The first-order valence-electron chi connectivity index (χ1n) is 6.50. The standard InChI is InChI=1S/C14H17ClN2O3/c1-9-7-10(15)4-5-11(9)16-13(18)8-17-6-2-3-12(17)14(19)20/h4-5,7,12H,2-3,6,8H2,1H3,(H,16,18)(H,19,20)/t12-/m1/s1. The van der Waals surface area contributed by atoms with Crippen LogP contribution in [0.15, 0.2) is 18.2 Å². The van der Waals surface area contributed by atoms with Gasteiger partial charge in [0.15, 0.2) is 0 Å². The van der Waals surface area contributed by atoms with Crippen molar-refractivity contribution in [3.63, 3.8) is 0 Å². The molecule has 0 spiro atoms. The highest BCUT2D eigenvalue weighted by Crippen LogP contribution is 2.20. The highest BCUT2D eigenvalue weighted by molar-refractivity contribution is 6.30. The lowest BCUT2D eigenvalue weighted by molar-refractivity contribution is -0.142. The molecule has 0 aromatic heterocycles. The molecule has 20 heavy (non-hydrogen) atoms. The van der Waals surface area contributed by atoms with Gasteiger partial charge in [-0.05, 0) is 50.1 Å². The van der Waals surface area contributed by atoms with Crippen molar-refractivity contribution in [1.82, 2.24) is 4.90 Å². The highest BCUT2D eigenvalue weighted by Gasteiger charge is 2.31. The minimum atomic E-state index is -0.863. The molecule has 1 aliphatic heterocycles. The van der Waals surface area contributed by atoms with Gasteiger partial charge in [-0.25, -0.2) is 0 Å². The van der Waals surface area contributed by atoms with E-state index in [0.29, 0.717) is 23.7 Å². The van der Waals surface area contributed by atoms with Crippen molar-refractivity contribution in [3.8, 4) is 0 Å². The molecule has 0 radical (unpaired) electrons. The third-order valence-corrected chi connectivity index (χ3v) is 3.69. The summed E-state index contributed by atoms with van der Waals surface area (Å²) < 4.78 is 0. The van der Waals surface area contributed by atoms with Gasteiger partial charge < -0.3 is 10.4 Å². The van der Waals surface area contributed by atoms with Crippen molar-refractivity contribution in [1.29, 1.82) is 0 Å². The van der Waals surface area contributed by atoms with Gasteiger partial charge in [0.2, 0.25) is 5.91 Å². The summed E-state index contributed by atoms with van der Waals surface area (Å²) in [4.78, 5) is 24.7. The van der Waals surface area contributed by atoms with Gasteiger partial charge in [0.1, 0.15) is 6.04 Å². The summed E-state index contributed by atoms with van der Waals surface area (Å²) in [5.74, 6) is -1.07. The van der Waals surface area contributed by atoms with Crippen molar-refractivity contribution < 1.29 is 14.7 Å². The summed E-state index contributed by atoms with van der Waals surface area (Å²) in [6, 6.07) is 4.67. The molecular formula is C14H17ClN2O3. The number of likely N-dealkylation sites (tertiary alicyclic amines) is 1. The van der Waals surface area contributed by atoms with E-state index in [9.17, 15) is 9.59 Å². The third kappa shape index (κ3) is 3.49. The van der Waals surface area contributed by atoms with Crippen molar-refractivity contribution in [3.05, 3.63) is 28.8 Å². The zero-order valence-corrected chi connectivity index (χ0v) is 12.0. The van der Waals surface area contributed by atoms with Gasteiger partial charge in [-0.1, -0.05) is 11.6 Å². The lowest BCUT2D eigenvalue weighted by atomic mass is 10.2. The summed E-state index contributed by atoms with van der Waals surface area (Å²) in [5.41, 5.74) is 1.58. The van der Waals surface area contributed by atoms with Crippen LogP contribution in [0.3, 0.4) is 0 Å². The molecule has 2 N–H and O–H groups in total. The Morgan fingerprint density at radius 2 is 2.25 bits per heavy atom. The number of nitrogens with one attached hydrogen (secondary N) is 1. The molecule has 0 saturated carbocycles. The van der Waals surface area contributed by atoms with Gasteiger partial charge in [0, 0.05) is 10.7 Å². The third-order valence-electron chi connectivity index (χ3n) is 3.46. The maximum absolute atomic E-state index is 12.0. The number of nitrogens with zero attached hydrogens (tertiary/aromatic N) is 1. The van der Waals surface area contributed by atoms with Crippen molar-refractivity contribution in [2.75, 3.05) is 18.4 Å². The molecule has 108 valence electrons. The Bertz CT molecular complexity index is 533. The second-order valence-corrected chi connectivity index (χ2v) is 5.41. The van der Waals surface area contributed by atoms with Crippen molar-refractivity contribution in [2.24, 2.45) is 0 Å². The smallest absolute Gasteiger partial charge is 0.320 e. The van der Waals surface area contributed by atoms with Gasteiger partial charge >= 0.3 is 5.97 Å². The van der Waals surface area contributed by atoms with E-state index in [4.69, 9.17) is 16.7 Å². The van der Waals surface area contributed by atoms with Crippen LogP contribution in [-0.2, 0) is 9.59 Å². The Balaban J connectivity index is 1.97. The number of amides is 1. The van der Waals surface area contributed by atoms with Crippen LogP contribution in [-0.4, -0.2) is 41.0 Å². The fourth-order valence-corrected chi connectivity index (χ4v) is 2.66. The van der Waals surface area contributed by atoms with Gasteiger partial charge in [0.25, 0.3) is 0 Å².